The SMILES string of the molecule is CC(=O)c1cc2c(cc1NC(=O)Cc1ccc(Cl)cc1Cl)OCO2. The van der Waals surface area contributed by atoms with Crippen LogP contribution in [0.25, 0.3) is 0 Å². The molecule has 24 heavy (non-hydrogen) atoms. The van der Waals surface area contributed by atoms with E-state index in [0.717, 1.165) is 0 Å². The van der Waals surface area contributed by atoms with Gasteiger partial charge in [0.15, 0.2) is 17.3 Å². The van der Waals surface area contributed by atoms with Crippen molar-refractivity contribution < 1.29 is 19.1 Å². The normalized spacial score (nSPS) is 12.1. The summed E-state index contributed by atoms with van der Waals surface area (Å²) >= 11 is 11.9. The van der Waals surface area contributed by atoms with Crippen LogP contribution in [0.3, 0.4) is 0 Å². The molecule has 0 radical (unpaired) electrons. The number of hydrogen-bond donors (Lipinski definition) is 1. The first-order chi connectivity index (χ1) is 11.4. The van der Waals surface area contributed by atoms with Gasteiger partial charge in [0.2, 0.25) is 12.7 Å². The standard InChI is InChI=1S/C17H13Cl2NO4/c1-9(21)12-6-15-16(24-8-23-15)7-14(12)20-17(22)4-10-2-3-11(18)5-13(10)19/h2-3,5-7H,4,8H2,1H3,(H,20,22). The van der Waals surface area contributed by atoms with Gasteiger partial charge < -0.3 is 14.8 Å². The van der Waals surface area contributed by atoms with Crippen molar-refractivity contribution in [3.05, 3.63) is 51.5 Å². The summed E-state index contributed by atoms with van der Waals surface area (Å²) in [4.78, 5) is 24.1. The van der Waals surface area contributed by atoms with Crippen LogP contribution in [0.2, 0.25) is 10.0 Å². The summed E-state index contributed by atoms with van der Waals surface area (Å²) in [7, 11) is 0. The summed E-state index contributed by atoms with van der Waals surface area (Å²) in [5, 5.41) is 3.64. The molecule has 2 aromatic rings. The van der Waals surface area contributed by atoms with Gasteiger partial charge in [-0.1, -0.05) is 29.3 Å². The number of Topliss-reactive ketones (excluding diaryl/α,β-unsaturated/α-hetero) is 1. The summed E-state index contributed by atoms with van der Waals surface area (Å²) < 4.78 is 10.5. The zero-order valence-corrected chi connectivity index (χ0v) is 14.2. The molecule has 7 heteroatoms. The minimum absolute atomic E-state index is 0.0573. The Balaban J connectivity index is 1.82. The van der Waals surface area contributed by atoms with E-state index in [4.69, 9.17) is 32.7 Å². The highest BCUT2D eigenvalue weighted by molar-refractivity contribution is 6.35. The number of fused-ring (bicyclic) bond motifs is 1. The molecule has 0 spiro atoms. The monoisotopic (exact) mass is 365 g/mol. The van der Waals surface area contributed by atoms with Crippen molar-refractivity contribution in [2.75, 3.05) is 12.1 Å². The lowest BCUT2D eigenvalue weighted by atomic mass is 10.1. The van der Waals surface area contributed by atoms with Crippen LogP contribution in [0.4, 0.5) is 5.69 Å². The van der Waals surface area contributed by atoms with Gasteiger partial charge in [-0.3, -0.25) is 9.59 Å². The van der Waals surface area contributed by atoms with Gasteiger partial charge in [-0.15, -0.1) is 0 Å². The van der Waals surface area contributed by atoms with Gasteiger partial charge in [0.25, 0.3) is 0 Å². The Morgan fingerprint density at radius 3 is 2.50 bits per heavy atom. The van der Waals surface area contributed by atoms with Crippen LogP contribution in [0.15, 0.2) is 30.3 Å². The van der Waals surface area contributed by atoms with E-state index in [1.54, 1.807) is 30.3 Å². The van der Waals surface area contributed by atoms with Crippen molar-refractivity contribution in [2.24, 2.45) is 0 Å². The number of hydrogen-bond acceptors (Lipinski definition) is 4. The second-order valence-electron chi connectivity index (χ2n) is 5.27. The fourth-order valence-corrected chi connectivity index (χ4v) is 2.84. The van der Waals surface area contributed by atoms with E-state index in [1.165, 1.54) is 6.92 Å². The number of benzene rings is 2. The fourth-order valence-electron chi connectivity index (χ4n) is 2.37. The molecule has 0 unspecified atom stereocenters. The highest BCUT2D eigenvalue weighted by Gasteiger charge is 2.20. The molecule has 1 heterocycles. The average Bonchev–Trinajstić information content (AvgIpc) is 2.96. The van der Waals surface area contributed by atoms with E-state index >= 15 is 0 Å². The van der Waals surface area contributed by atoms with Crippen molar-refractivity contribution in [1.82, 2.24) is 0 Å². The lowest BCUT2D eigenvalue weighted by Gasteiger charge is -2.11. The lowest BCUT2D eigenvalue weighted by Crippen LogP contribution is -2.16. The average molecular weight is 366 g/mol. The Bertz CT molecular complexity index is 836. The third-order valence-electron chi connectivity index (χ3n) is 3.53. The molecule has 0 atom stereocenters. The molecule has 124 valence electrons. The zero-order valence-electron chi connectivity index (χ0n) is 12.7. The molecule has 5 nitrogen and oxygen atoms in total. The van der Waals surface area contributed by atoms with Crippen LogP contribution in [-0.2, 0) is 11.2 Å². The van der Waals surface area contributed by atoms with Crippen molar-refractivity contribution in [3.63, 3.8) is 0 Å². The van der Waals surface area contributed by atoms with E-state index in [-0.39, 0.29) is 24.9 Å². The Morgan fingerprint density at radius 2 is 1.83 bits per heavy atom. The van der Waals surface area contributed by atoms with Crippen LogP contribution in [-0.4, -0.2) is 18.5 Å². The second kappa shape index (κ2) is 6.71. The fraction of sp³-hybridized carbons (Fsp3) is 0.176. The molecule has 1 amide bonds. The van der Waals surface area contributed by atoms with Gasteiger partial charge in [-0.25, -0.2) is 0 Å². The van der Waals surface area contributed by atoms with Crippen LogP contribution in [0, 0.1) is 0 Å². The molecule has 0 bridgehead atoms. The van der Waals surface area contributed by atoms with Gasteiger partial charge in [-0.2, -0.15) is 0 Å². The summed E-state index contributed by atoms with van der Waals surface area (Å²) in [6, 6.07) is 8.08. The summed E-state index contributed by atoms with van der Waals surface area (Å²) in [6.45, 7) is 1.51. The van der Waals surface area contributed by atoms with E-state index in [0.29, 0.717) is 38.4 Å². The Kier molecular flexibility index (Phi) is 4.64. The lowest BCUT2D eigenvalue weighted by molar-refractivity contribution is -0.115. The molecular weight excluding hydrogens is 353 g/mol. The number of rotatable bonds is 4. The van der Waals surface area contributed by atoms with E-state index in [2.05, 4.69) is 5.32 Å². The Labute approximate surface area is 148 Å². The van der Waals surface area contributed by atoms with Crippen molar-refractivity contribution in [2.45, 2.75) is 13.3 Å². The molecule has 3 rings (SSSR count). The molecule has 0 saturated carbocycles. The number of carbonyl (C=O) groups excluding carboxylic acids is 2. The number of ether oxygens (including phenoxy) is 2. The molecule has 1 aliphatic rings. The van der Waals surface area contributed by atoms with Gasteiger partial charge >= 0.3 is 0 Å². The van der Waals surface area contributed by atoms with E-state index in [1.807, 2.05) is 0 Å². The molecule has 1 N–H and O–H groups in total. The summed E-state index contributed by atoms with van der Waals surface area (Å²) in [6.07, 6.45) is 0.0573. The predicted octanol–water partition coefficient (Wildman–Crippen LogP) is 4.11. The second-order valence-corrected chi connectivity index (χ2v) is 6.11. The van der Waals surface area contributed by atoms with E-state index < -0.39 is 0 Å². The molecule has 1 aliphatic heterocycles. The van der Waals surface area contributed by atoms with Gasteiger partial charge in [0.1, 0.15) is 0 Å². The minimum atomic E-state index is -0.305. The third kappa shape index (κ3) is 3.47. The summed E-state index contributed by atoms with van der Waals surface area (Å²) in [5.74, 6) is 0.479. The Hall–Kier alpha value is -2.24. The first-order valence-corrected chi connectivity index (χ1v) is 7.88. The smallest absolute Gasteiger partial charge is 0.231 e. The molecule has 2 aromatic carbocycles. The third-order valence-corrected chi connectivity index (χ3v) is 4.12. The number of carbonyl (C=O) groups is 2. The predicted molar refractivity (Wildman–Crippen MR) is 91.4 cm³/mol. The van der Waals surface area contributed by atoms with Crippen LogP contribution in [0.5, 0.6) is 11.5 Å². The maximum Gasteiger partial charge on any atom is 0.231 e. The highest BCUT2D eigenvalue weighted by Crippen LogP contribution is 2.37. The maximum absolute atomic E-state index is 12.3. The van der Waals surface area contributed by atoms with Crippen LogP contribution < -0.4 is 14.8 Å². The number of ketones is 1. The van der Waals surface area contributed by atoms with Gasteiger partial charge in [0, 0.05) is 21.7 Å². The first-order valence-electron chi connectivity index (χ1n) is 7.12. The topological polar surface area (TPSA) is 64.6 Å². The number of nitrogens with one attached hydrogen (secondary N) is 1. The zero-order chi connectivity index (χ0) is 17.3. The van der Waals surface area contributed by atoms with Gasteiger partial charge in [-0.05, 0) is 30.7 Å². The number of halogens is 2. The highest BCUT2D eigenvalue weighted by atomic mass is 35.5. The Morgan fingerprint density at radius 1 is 1.12 bits per heavy atom. The number of anilines is 1. The minimum Gasteiger partial charge on any atom is -0.454 e. The number of amides is 1. The van der Waals surface area contributed by atoms with Crippen molar-refractivity contribution in [1.29, 1.82) is 0 Å². The van der Waals surface area contributed by atoms with Crippen molar-refractivity contribution >= 4 is 40.6 Å². The largest absolute Gasteiger partial charge is 0.454 e. The van der Waals surface area contributed by atoms with E-state index in [9.17, 15) is 9.59 Å². The molecule has 0 saturated heterocycles. The molecule has 0 aliphatic carbocycles. The maximum atomic E-state index is 12.3. The summed E-state index contributed by atoms with van der Waals surface area (Å²) in [5.41, 5.74) is 1.38. The van der Waals surface area contributed by atoms with Crippen molar-refractivity contribution in [3.8, 4) is 11.5 Å². The first kappa shape index (κ1) is 16.6. The van der Waals surface area contributed by atoms with Crippen LogP contribution in [0.1, 0.15) is 22.8 Å². The molecule has 0 fully saturated rings. The molecule has 0 aromatic heterocycles. The van der Waals surface area contributed by atoms with Crippen LogP contribution >= 0.6 is 23.2 Å². The quantitative estimate of drug-likeness (QED) is 0.828. The van der Waals surface area contributed by atoms with Gasteiger partial charge in [0.05, 0.1) is 12.1 Å². The molecular formula is C17H13Cl2NO4.